The number of carbonyl (C=O) groups excluding carboxylic acids is 1. The van der Waals surface area contributed by atoms with E-state index in [0.717, 1.165) is 5.56 Å². The summed E-state index contributed by atoms with van der Waals surface area (Å²) in [4.78, 5) is 24.0. The van der Waals surface area contributed by atoms with Crippen molar-refractivity contribution >= 4 is 27.3 Å². The summed E-state index contributed by atoms with van der Waals surface area (Å²) in [5.41, 5.74) is 3.15. The Labute approximate surface area is 198 Å². The molecule has 3 aromatic rings. The molecule has 1 aliphatic heterocycles. The average Bonchev–Trinajstić information content (AvgIpc) is 3.28. The molecule has 0 aromatic carbocycles. The molecule has 4 rings (SSSR count). The minimum atomic E-state index is -3.53. The van der Waals surface area contributed by atoms with Crippen LogP contribution in [-0.2, 0) is 22.1 Å². The smallest absolute Gasteiger partial charge is 0.261 e. The van der Waals surface area contributed by atoms with Crippen molar-refractivity contribution < 1.29 is 17.6 Å². The number of aryl methyl sites for hydroxylation is 2. The SMILES string of the molecule is Cc1cc(-c2cncc(NS(=O)(=O)C(C)C)c2)nc2c1C(=O)N(c1cnn(CCF)c1)C2(C)C. The largest absolute Gasteiger partial charge is 0.294 e. The first kappa shape index (κ1) is 23.8. The number of rotatable bonds is 7. The highest BCUT2D eigenvalue weighted by Gasteiger charge is 2.47. The molecule has 0 bridgehead atoms. The standard InChI is InChI=1S/C23H27FN6O3S/c1-14(2)34(32,33)28-17-9-16(10-25-11-17)19-8-15(3)20-21(27-19)23(4,5)30(22(20)31)18-12-26-29(13-18)7-6-24/h8-14,28H,6-7H2,1-5H3. The van der Waals surface area contributed by atoms with Crippen LogP contribution in [0.2, 0.25) is 0 Å². The predicted molar refractivity (Wildman–Crippen MR) is 128 cm³/mol. The molecule has 9 nitrogen and oxygen atoms in total. The third-order valence-corrected chi connectivity index (χ3v) is 7.64. The Hall–Kier alpha value is -3.34. The van der Waals surface area contributed by atoms with Crippen LogP contribution in [0.5, 0.6) is 0 Å². The van der Waals surface area contributed by atoms with Gasteiger partial charge >= 0.3 is 0 Å². The summed E-state index contributed by atoms with van der Waals surface area (Å²) < 4.78 is 41.3. The van der Waals surface area contributed by atoms with Crippen LogP contribution in [0, 0.1) is 6.92 Å². The van der Waals surface area contributed by atoms with Gasteiger partial charge in [-0.1, -0.05) is 0 Å². The minimum Gasteiger partial charge on any atom is -0.294 e. The molecule has 0 unspecified atom stereocenters. The van der Waals surface area contributed by atoms with Crippen molar-refractivity contribution in [2.45, 2.75) is 52.0 Å². The lowest BCUT2D eigenvalue weighted by Crippen LogP contribution is -2.39. The van der Waals surface area contributed by atoms with E-state index in [9.17, 15) is 17.6 Å². The van der Waals surface area contributed by atoms with Crippen molar-refractivity contribution in [2.24, 2.45) is 0 Å². The van der Waals surface area contributed by atoms with Crippen LogP contribution in [0.15, 0.2) is 36.9 Å². The molecular weight excluding hydrogens is 459 g/mol. The van der Waals surface area contributed by atoms with E-state index in [-0.39, 0.29) is 12.5 Å². The Morgan fingerprint density at radius 3 is 2.59 bits per heavy atom. The maximum Gasteiger partial charge on any atom is 0.261 e. The van der Waals surface area contributed by atoms with E-state index in [2.05, 4.69) is 14.8 Å². The Bertz CT molecular complexity index is 1370. The molecule has 4 heterocycles. The van der Waals surface area contributed by atoms with Gasteiger partial charge in [-0.25, -0.2) is 17.8 Å². The molecule has 0 fully saturated rings. The topological polar surface area (TPSA) is 110 Å². The first-order chi connectivity index (χ1) is 16.0. The molecule has 3 aromatic heterocycles. The second-order valence-corrected chi connectivity index (χ2v) is 11.3. The van der Waals surface area contributed by atoms with E-state index in [1.54, 1.807) is 49.5 Å². The maximum atomic E-state index is 13.4. The zero-order valence-corrected chi connectivity index (χ0v) is 20.5. The van der Waals surface area contributed by atoms with Crippen molar-refractivity contribution in [3.8, 4) is 11.3 Å². The number of alkyl halides is 1. The van der Waals surface area contributed by atoms with E-state index in [1.807, 2.05) is 20.8 Å². The number of hydrogen-bond acceptors (Lipinski definition) is 6. The van der Waals surface area contributed by atoms with Gasteiger partial charge in [0, 0.05) is 18.0 Å². The average molecular weight is 487 g/mol. The van der Waals surface area contributed by atoms with Crippen molar-refractivity contribution in [1.29, 1.82) is 0 Å². The molecule has 34 heavy (non-hydrogen) atoms. The zero-order valence-electron chi connectivity index (χ0n) is 19.7. The highest BCUT2D eigenvalue weighted by molar-refractivity contribution is 7.93. The molecule has 1 N–H and O–H groups in total. The number of pyridine rings is 2. The number of anilines is 2. The fraction of sp³-hybridized carbons (Fsp3) is 0.391. The highest BCUT2D eigenvalue weighted by Crippen LogP contribution is 2.43. The Balaban J connectivity index is 1.75. The van der Waals surface area contributed by atoms with Crippen LogP contribution in [0.3, 0.4) is 0 Å². The van der Waals surface area contributed by atoms with Gasteiger partial charge in [-0.05, 0) is 52.3 Å². The third-order valence-electron chi connectivity index (χ3n) is 5.88. The van der Waals surface area contributed by atoms with Crippen molar-refractivity contribution in [3.63, 3.8) is 0 Å². The number of nitrogens with zero attached hydrogens (tertiary/aromatic N) is 5. The lowest BCUT2D eigenvalue weighted by molar-refractivity contribution is 0.0981. The summed E-state index contributed by atoms with van der Waals surface area (Å²) in [6, 6.07) is 3.46. The number of nitrogens with one attached hydrogen (secondary N) is 1. The predicted octanol–water partition coefficient (Wildman–Crippen LogP) is 3.66. The lowest BCUT2D eigenvalue weighted by atomic mass is 9.96. The van der Waals surface area contributed by atoms with Gasteiger partial charge in [-0.15, -0.1) is 0 Å². The van der Waals surface area contributed by atoms with E-state index in [1.165, 1.54) is 10.9 Å². The summed E-state index contributed by atoms with van der Waals surface area (Å²) >= 11 is 0. The van der Waals surface area contributed by atoms with Crippen LogP contribution < -0.4 is 9.62 Å². The van der Waals surface area contributed by atoms with Crippen LogP contribution in [0.4, 0.5) is 15.8 Å². The van der Waals surface area contributed by atoms with E-state index < -0.39 is 27.5 Å². The molecule has 0 atom stereocenters. The highest BCUT2D eigenvalue weighted by atomic mass is 32.2. The summed E-state index contributed by atoms with van der Waals surface area (Å²) in [5, 5.41) is 3.56. The number of amides is 1. The molecule has 0 aliphatic carbocycles. The molecule has 1 amide bonds. The van der Waals surface area contributed by atoms with Gasteiger partial charge in [-0.3, -0.25) is 24.1 Å². The van der Waals surface area contributed by atoms with E-state index in [4.69, 9.17) is 4.98 Å². The van der Waals surface area contributed by atoms with Crippen molar-refractivity contribution in [1.82, 2.24) is 19.7 Å². The fourth-order valence-corrected chi connectivity index (χ4v) is 4.72. The zero-order chi connectivity index (χ0) is 24.8. The van der Waals surface area contributed by atoms with Gasteiger partial charge in [0.1, 0.15) is 6.67 Å². The van der Waals surface area contributed by atoms with Crippen molar-refractivity contribution in [3.05, 3.63) is 53.7 Å². The number of fused-ring (bicyclic) bond motifs is 1. The van der Waals surface area contributed by atoms with Gasteiger partial charge in [0.05, 0.1) is 58.1 Å². The Morgan fingerprint density at radius 2 is 1.91 bits per heavy atom. The van der Waals surface area contributed by atoms with E-state index >= 15 is 0 Å². The number of sulfonamides is 1. The summed E-state index contributed by atoms with van der Waals surface area (Å²) in [6.07, 6.45) is 6.24. The monoisotopic (exact) mass is 486 g/mol. The van der Waals surface area contributed by atoms with Gasteiger partial charge in [0.2, 0.25) is 10.0 Å². The first-order valence-corrected chi connectivity index (χ1v) is 12.4. The lowest BCUT2D eigenvalue weighted by Gasteiger charge is -2.30. The molecule has 0 saturated heterocycles. The Morgan fingerprint density at radius 1 is 1.18 bits per heavy atom. The molecule has 1 aliphatic rings. The van der Waals surface area contributed by atoms with Gasteiger partial charge in [-0.2, -0.15) is 5.10 Å². The van der Waals surface area contributed by atoms with Gasteiger partial charge in [0.15, 0.2) is 0 Å². The number of hydrogen-bond donors (Lipinski definition) is 1. The van der Waals surface area contributed by atoms with Crippen molar-refractivity contribution in [2.75, 3.05) is 16.3 Å². The summed E-state index contributed by atoms with van der Waals surface area (Å²) in [5.74, 6) is -0.201. The molecular formula is C23H27FN6O3S. The van der Waals surface area contributed by atoms with Gasteiger partial charge < -0.3 is 0 Å². The number of halogens is 1. The van der Waals surface area contributed by atoms with E-state index in [0.29, 0.717) is 33.9 Å². The molecule has 0 spiro atoms. The molecule has 0 radical (unpaired) electrons. The van der Waals surface area contributed by atoms with Crippen LogP contribution in [0.1, 0.15) is 49.3 Å². The maximum absolute atomic E-state index is 13.4. The van der Waals surface area contributed by atoms with Crippen LogP contribution >= 0.6 is 0 Å². The van der Waals surface area contributed by atoms with Crippen LogP contribution in [0.25, 0.3) is 11.3 Å². The summed E-state index contributed by atoms with van der Waals surface area (Å²) in [7, 11) is -3.53. The van der Waals surface area contributed by atoms with Crippen LogP contribution in [-0.4, -0.2) is 46.0 Å². The third kappa shape index (κ3) is 4.04. The summed E-state index contributed by atoms with van der Waals surface area (Å²) in [6.45, 7) is 8.38. The second kappa shape index (κ2) is 8.46. The van der Waals surface area contributed by atoms with Gasteiger partial charge in [0.25, 0.3) is 5.91 Å². The number of carbonyl (C=O) groups is 1. The molecule has 180 valence electrons. The normalized spacial score (nSPS) is 15.1. The fourth-order valence-electron chi connectivity index (χ4n) is 4.04. The molecule has 0 saturated carbocycles. The molecule has 11 heteroatoms. The first-order valence-electron chi connectivity index (χ1n) is 10.9. The Kier molecular flexibility index (Phi) is 5.92. The quantitative estimate of drug-likeness (QED) is 0.546. The minimum absolute atomic E-state index is 0.112. The second-order valence-electron chi connectivity index (χ2n) is 9.06. The number of aromatic nitrogens is 4.